The highest BCUT2D eigenvalue weighted by molar-refractivity contribution is 7.13. The molecule has 3 heterocycles. The van der Waals surface area contributed by atoms with Crippen LogP contribution >= 0.6 is 11.3 Å². The largest absolute Gasteiger partial charge is 0.337 e. The van der Waals surface area contributed by atoms with Gasteiger partial charge in [-0.1, -0.05) is 36.8 Å². The van der Waals surface area contributed by atoms with Gasteiger partial charge in [0.05, 0.1) is 0 Å². The number of piperidine rings is 2. The van der Waals surface area contributed by atoms with Gasteiger partial charge in [0.25, 0.3) is 5.91 Å². The summed E-state index contributed by atoms with van der Waals surface area (Å²) in [6.45, 7) is 4.20. The number of benzene rings is 1. The lowest BCUT2D eigenvalue weighted by molar-refractivity contribution is 0.0585. The third-order valence-electron chi connectivity index (χ3n) is 5.40. The quantitative estimate of drug-likeness (QED) is 0.838. The molecule has 5 heteroatoms. The van der Waals surface area contributed by atoms with Crippen molar-refractivity contribution >= 4 is 17.2 Å². The smallest absolute Gasteiger partial charge is 0.273 e. The summed E-state index contributed by atoms with van der Waals surface area (Å²) < 4.78 is 0. The molecule has 2 aliphatic heterocycles. The topological polar surface area (TPSA) is 36.4 Å². The summed E-state index contributed by atoms with van der Waals surface area (Å²) >= 11 is 1.55. The van der Waals surface area contributed by atoms with Gasteiger partial charge in [-0.2, -0.15) is 0 Å². The molecule has 2 saturated heterocycles. The van der Waals surface area contributed by atoms with Gasteiger partial charge in [-0.25, -0.2) is 4.98 Å². The number of amides is 1. The first-order valence-electron chi connectivity index (χ1n) is 9.35. The van der Waals surface area contributed by atoms with Crippen molar-refractivity contribution < 1.29 is 4.79 Å². The molecule has 0 bridgehead atoms. The average Bonchev–Trinajstić information content (AvgIpc) is 3.19. The van der Waals surface area contributed by atoms with Crippen LogP contribution in [0.2, 0.25) is 0 Å². The number of aromatic nitrogens is 1. The molecule has 25 heavy (non-hydrogen) atoms. The van der Waals surface area contributed by atoms with E-state index in [1.54, 1.807) is 11.3 Å². The molecule has 0 saturated carbocycles. The van der Waals surface area contributed by atoms with Crippen molar-refractivity contribution in [1.29, 1.82) is 0 Å². The van der Waals surface area contributed by atoms with E-state index in [0.29, 0.717) is 11.7 Å². The molecule has 0 spiro atoms. The van der Waals surface area contributed by atoms with Crippen LogP contribution in [0.1, 0.15) is 42.6 Å². The van der Waals surface area contributed by atoms with Crippen molar-refractivity contribution in [1.82, 2.24) is 14.8 Å². The molecule has 1 aromatic carbocycles. The molecule has 0 atom stereocenters. The fourth-order valence-electron chi connectivity index (χ4n) is 3.96. The summed E-state index contributed by atoms with van der Waals surface area (Å²) in [6.07, 6.45) is 6.24. The van der Waals surface area contributed by atoms with E-state index in [4.69, 9.17) is 0 Å². The number of hydrogen-bond acceptors (Lipinski definition) is 4. The zero-order valence-corrected chi connectivity index (χ0v) is 15.4. The summed E-state index contributed by atoms with van der Waals surface area (Å²) in [4.78, 5) is 22.0. The Balaban J connectivity index is 1.37. The van der Waals surface area contributed by atoms with Gasteiger partial charge in [0.2, 0.25) is 0 Å². The number of carbonyl (C=O) groups excluding carboxylic acids is 1. The number of carbonyl (C=O) groups is 1. The number of thiazole rings is 1. The summed E-state index contributed by atoms with van der Waals surface area (Å²) in [5.41, 5.74) is 1.68. The number of likely N-dealkylation sites (tertiary alicyclic amines) is 2. The Morgan fingerprint density at radius 3 is 2.44 bits per heavy atom. The monoisotopic (exact) mass is 355 g/mol. The van der Waals surface area contributed by atoms with Crippen molar-refractivity contribution in [3.63, 3.8) is 0 Å². The molecular weight excluding hydrogens is 330 g/mol. The van der Waals surface area contributed by atoms with Crippen LogP contribution in [0.3, 0.4) is 0 Å². The van der Waals surface area contributed by atoms with Gasteiger partial charge in [0, 0.05) is 30.1 Å². The van der Waals surface area contributed by atoms with Crippen LogP contribution in [0.15, 0.2) is 35.7 Å². The Morgan fingerprint density at radius 2 is 1.72 bits per heavy atom. The van der Waals surface area contributed by atoms with Crippen LogP contribution in [0.4, 0.5) is 0 Å². The van der Waals surface area contributed by atoms with Gasteiger partial charge in [-0.15, -0.1) is 11.3 Å². The van der Waals surface area contributed by atoms with E-state index in [2.05, 4.69) is 9.88 Å². The first-order valence-corrected chi connectivity index (χ1v) is 10.2. The van der Waals surface area contributed by atoms with E-state index in [1.807, 2.05) is 40.6 Å². The van der Waals surface area contributed by atoms with E-state index >= 15 is 0 Å². The highest BCUT2D eigenvalue weighted by atomic mass is 32.1. The van der Waals surface area contributed by atoms with Crippen molar-refractivity contribution in [3.8, 4) is 10.6 Å². The zero-order valence-electron chi connectivity index (χ0n) is 14.6. The molecule has 4 nitrogen and oxygen atoms in total. The van der Waals surface area contributed by atoms with Gasteiger partial charge in [-0.3, -0.25) is 4.79 Å². The summed E-state index contributed by atoms with van der Waals surface area (Å²) in [5, 5.41) is 2.83. The van der Waals surface area contributed by atoms with Crippen LogP contribution < -0.4 is 0 Å². The fourth-order valence-corrected chi connectivity index (χ4v) is 4.76. The second-order valence-corrected chi connectivity index (χ2v) is 7.88. The zero-order chi connectivity index (χ0) is 17.1. The summed E-state index contributed by atoms with van der Waals surface area (Å²) in [5.74, 6) is 0.0931. The van der Waals surface area contributed by atoms with Gasteiger partial charge in [0.1, 0.15) is 10.7 Å². The molecule has 1 amide bonds. The molecule has 2 aromatic rings. The molecule has 1 aromatic heterocycles. The molecule has 0 N–H and O–H groups in total. The second-order valence-electron chi connectivity index (χ2n) is 7.02. The van der Waals surface area contributed by atoms with Gasteiger partial charge >= 0.3 is 0 Å². The third kappa shape index (κ3) is 3.77. The fraction of sp³-hybridized carbons (Fsp3) is 0.500. The van der Waals surface area contributed by atoms with Crippen LogP contribution in [0.5, 0.6) is 0 Å². The Kier molecular flexibility index (Phi) is 5.13. The van der Waals surface area contributed by atoms with E-state index < -0.39 is 0 Å². The van der Waals surface area contributed by atoms with E-state index in [-0.39, 0.29) is 5.91 Å². The first kappa shape index (κ1) is 16.7. The number of rotatable bonds is 3. The first-order chi connectivity index (χ1) is 12.3. The van der Waals surface area contributed by atoms with E-state index in [9.17, 15) is 4.79 Å². The number of nitrogens with zero attached hydrogens (tertiary/aromatic N) is 3. The van der Waals surface area contributed by atoms with E-state index in [1.165, 1.54) is 32.4 Å². The molecule has 0 aliphatic carbocycles. The lowest BCUT2D eigenvalue weighted by Crippen LogP contribution is -2.48. The maximum absolute atomic E-state index is 12.8. The van der Waals surface area contributed by atoms with Crippen LogP contribution in [0.25, 0.3) is 10.6 Å². The standard InChI is InChI=1S/C20H25N3OS/c24-20(18-15-25-19(21-18)16-7-3-1-4-8-16)23-13-9-17(10-14-23)22-11-5-2-6-12-22/h1,3-4,7-8,15,17H,2,5-6,9-14H2. The Hall–Kier alpha value is -1.72. The second kappa shape index (κ2) is 7.67. The van der Waals surface area contributed by atoms with Crippen LogP contribution in [-0.4, -0.2) is 52.9 Å². The minimum Gasteiger partial charge on any atom is -0.337 e. The van der Waals surface area contributed by atoms with Crippen molar-refractivity contribution in [2.24, 2.45) is 0 Å². The SMILES string of the molecule is O=C(c1csc(-c2ccccc2)n1)N1CCC(N2CCCCC2)CC1. The average molecular weight is 356 g/mol. The molecule has 4 rings (SSSR count). The number of hydrogen-bond donors (Lipinski definition) is 0. The lowest BCUT2D eigenvalue weighted by atomic mass is 10.00. The minimum atomic E-state index is 0.0931. The Labute approximate surface area is 153 Å². The lowest BCUT2D eigenvalue weighted by Gasteiger charge is -2.40. The van der Waals surface area contributed by atoms with Crippen molar-refractivity contribution in [2.75, 3.05) is 26.2 Å². The molecule has 0 unspecified atom stereocenters. The molecule has 2 aliphatic rings. The van der Waals surface area contributed by atoms with Crippen LogP contribution in [-0.2, 0) is 0 Å². The Morgan fingerprint density at radius 1 is 1.00 bits per heavy atom. The summed E-state index contributed by atoms with van der Waals surface area (Å²) in [6, 6.07) is 10.7. The predicted molar refractivity (Wildman–Crippen MR) is 102 cm³/mol. The highest BCUT2D eigenvalue weighted by Gasteiger charge is 2.28. The highest BCUT2D eigenvalue weighted by Crippen LogP contribution is 2.25. The van der Waals surface area contributed by atoms with Gasteiger partial charge in [0.15, 0.2) is 0 Å². The van der Waals surface area contributed by atoms with Crippen molar-refractivity contribution in [2.45, 2.75) is 38.1 Å². The van der Waals surface area contributed by atoms with Gasteiger partial charge in [-0.05, 0) is 38.8 Å². The van der Waals surface area contributed by atoms with E-state index in [0.717, 1.165) is 36.5 Å². The van der Waals surface area contributed by atoms with Crippen molar-refractivity contribution in [3.05, 3.63) is 41.4 Å². The molecular formula is C20H25N3OS. The third-order valence-corrected chi connectivity index (χ3v) is 6.29. The maximum Gasteiger partial charge on any atom is 0.273 e. The molecule has 2 fully saturated rings. The minimum absolute atomic E-state index is 0.0931. The summed E-state index contributed by atoms with van der Waals surface area (Å²) in [7, 11) is 0. The predicted octanol–water partition coefficient (Wildman–Crippen LogP) is 3.90. The van der Waals surface area contributed by atoms with Crippen LogP contribution in [0, 0.1) is 0 Å². The normalized spacial score (nSPS) is 19.9. The Bertz CT molecular complexity index is 701. The maximum atomic E-state index is 12.8. The molecule has 0 radical (unpaired) electrons. The molecule has 132 valence electrons. The van der Waals surface area contributed by atoms with Gasteiger partial charge < -0.3 is 9.80 Å².